The normalized spacial score (nSPS) is 19.1. The molecule has 2 aliphatic rings. The summed E-state index contributed by atoms with van der Waals surface area (Å²) in [5, 5.41) is 3.50. The number of amides is 1. The molecule has 0 bridgehead atoms. The van der Waals surface area contributed by atoms with Gasteiger partial charge < -0.3 is 19.7 Å². The van der Waals surface area contributed by atoms with Gasteiger partial charge in [0, 0.05) is 31.3 Å². The first-order chi connectivity index (χ1) is 13.7. The first kappa shape index (κ1) is 18.7. The Labute approximate surface area is 165 Å². The van der Waals surface area contributed by atoms with Crippen molar-refractivity contribution < 1.29 is 14.3 Å². The number of rotatable bonds is 4. The zero-order valence-corrected chi connectivity index (χ0v) is 16.4. The van der Waals surface area contributed by atoms with E-state index in [1.165, 1.54) is 12.8 Å². The van der Waals surface area contributed by atoms with E-state index in [0.717, 1.165) is 36.5 Å². The van der Waals surface area contributed by atoms with Crippen LogP contribution in [-0.2, 0) is 13.0 Å². The van der Waals surface area contributed by atoms with Crippen molar-refractivity contribution in [3.8, 4) is 11.5 Å². The van der Waals surface area contributed by atoms with Crippen molar-refractivity contribution >= 4 is 5.91 Å². The third-order valence-corrected chi connectivity index (χ3v) is 5.50. The summed E-state index contributed by atoms with van der Waals surface area (Å²) in [5.41, 5.74) is 2.58. The fourth-order valence-corrected chi connectivity index (χ4v) is 3.90. The third kappa shape index (κ3) is 3.67. The standard InChI is InChI=1S/C21H26N4O3/c1-27-15-6-7-19(28-2)16(11-15)21(26)25-10-8-17-14(13-25)12-23-20(24-17)18-5-3-4-9-22-18/h6-7,11-12,18,22H,3-5,8-10,13H2,1-2H3. The van der Waals surface area contributed by atoms with E-state index in [1.54, 1.807) is 32.4 Å². The summed E-state index contributed by atoms with van der Waals surface area (Å²) in [6.45, 7) is 2.16. The van der Waals surface area contributed by atoms with E-state index in [4.69, 9.17) is 14.5 Å². The van der Waals surface area contributed by atoms with Crippen molar-refractivity contribution in [3.05, 3.63) is 47.0 Å². The number of nitrogens with one attached hydrogen (secondary N) is 1. The monoisotopic (exact) mass is 382 g/mol. The van der Waals surface area contributed by atoms with Gasteiger partial charge in [0.1, 0.15) is 17.3 Å². The molecule has 4 rings (SSSR count). The van der Waals surface area contributed by atoms with Crippen LogP contribution in [-0.4, -0.2) is 48.1 Å². The van der Waals surface area contributed by atoms with Crippen LogP contribution in [0.25, 0.3) is 0 Å². The largest absolute Gasteiger partial charge is 0.497 e. The molecule has 1 aromatic carbocycles. The number of methoxy groups -OCH3 is 2. The summed E-state index contributed by atoms with van der Waals surface area (Å²) >= 11 is 0. The highest BCUT2D eigenvalue weighted by Gasteiger charge is 2.27. The Morgan fingerprint density at radius 3 is 2.89 bits per heavy atom. The molecule has 1 fully saturated rings. The lowest BCUT2D eigenvalue weighted by molar-refractivity contribution is 0.0729. The quantitative estimate of drug-likeness (QED) is 0.876. The topological polar surface area (TPSA) is 76.6 Å². The van der Waals surface area contributed by atoms with Gasteiger partial charge in [-0.1, -0.05) is 6.42 Å². The van der Waals surface area contributed by atoms with Gasteiger partial charge in [0.2, 0.25) is 0 Å². The molecular weight excluding hydrogens is 356 g/mol. The average molecular weight is 382 g/mol. The third-order valence-electron chi connectivity index (χ3n) is 5.50. The molecule has 28 heavy (non-hydrogen) atoms. The SMILES string of the molecule is COc1ccc(OC)c(C(=O)N2CCc3nc(C4CCCCN4)ncc3C2)c1. The molecule has 1 N–H and O–H groups in total. The summed E-state index contributed by atoms with van der Waals surface area (Å²) < 4.78 is 10.6. The second kappa shape index (κ2) is 8.14. The van der Waals surface area contributed by atoms with E-state index in [0.29, 0.717) is 30.2 Å². The molecule has 2 aromatic rings. The number of benzene rings is 1. The summed E-state index contributed by atoms with van der Waals surface area (Å²) in [6.07, 6.45) is 6.12. The van der Waals surface area contributed by atoms with Gasteiger partial charge in [0.15, 0.2) is 0 Å². The Morgan fingerprint density at radius 1 is 1.25 bits per heavy atom. The minimum absolute atomic E-state index is 0.0700. The Bertz CT molecular complexity index is 865. The van der Waals surface area contributed by atoms with Gasteiger partial charge in [0.25, 0.3) is 5.91 Å². The Balaban J connectivity index is 1.53. The van der Waals surface area contributed by atoms with Crippen molar-refractivity contribution in [1.82, 2.24) is 20.2 Å². The molecule has 2 aliphatic heterocycles. The van der Waals surface area contributed by atoms with Crippen molar-refractivity contribution in [2.75, 3.05) is 27.3 Å². The van der Waals surface area contributed by atoms with Crippen molar-refractivity contribution in [2.45, 2.75) is 38.3 Å². The predicted molar refractivity (Wildman–Crippen MR) is 105 cm³/mol. The van der Waals surface area contributed by atoms with Crippen molar-refractivity contribution in [3.63, 3.8) is 0 Å². The molecule has 148 valence electrons. The molecule has 1 unspecified atom stereocenters. The number of carbonyl (C=O) groups is 1. The van der Waals surface area contributed by atoms with Crippen LogP contribution < -0.4 is 14.8 Å². The van der Waals surface area contributed by atoms with E-state index in [1.807, 2.05) is 11.1 Å². The lowest BCUT2D eigenvalue weighted by atomic mass is 10.0. The Hall–Kier alpha value is -2.67. The lowest BCUT2D eigenvalue weighted by Crippen LogP contribution is -2.37. The number of piperidine rings is 1. The molecule has 1 atom stereocenters. The van der Waals surface area contributed by atoms with Gasteiger partial charge in [-0.3, -0.25) is 4.79 Å². The first-order valence-corrected chi connectivity index (χ1v) is 9.79. The summed E-state index contributed by atoms with van der Waals surface area (Å²) in [4.78, 5) is 24.3. The summed E-state index contributed by atoms with van der Waals surface area (Å²) in [7, 11) is 3.15. The molecule has 0 spiro atoms. The highest BCUT2D eigenvalue weighted by atomic mass is 16.5. The van der Waals surface area contributed by atoms with Crippen LogP contribution in [0.4, 0.5) is 0 Å². The predicted octanol–water partition coefficient (Wildman–Crippen LogP) is 2.51. The number of aromatic nitrogens is 2. The second-order valence-electron chi connectivity index (χ2n) is 7.25. The van der Waals surface area contributed by atoms with Gasteiger partial charge in [0.05, 0.1) is 31.5 Å². The average Bonchev–Trinajstić information content (AvgIpc) is 2.78. The van der Waals surface area contributed by atoms with Gasteiger partial charge in [-0.2, -0.15) is 0 Å². The lowest BCUT2D eigenvalue weighted by Gasteiger charge is -2.30. The summed E-state index contributed by atoms with van der Waals surface area (Å²) in [5.74, 6) is 1.99. The van der Waals surface area contributed by atoms with Crippen LogP contribution in [0.5, 0.6) is 11.5 Å². The smallest absolute Gasteiger partial charge is 0.258 e. The van der Waals surface area contributed by atoms with Crippen LogP contribution in [0.1, 0.15) is 52.7 Å². The fourth-order valence-electron chi connectivity index (χ4n) is 3.90. The summed E-state index contributed by atoms with van der Waals surface area (Å²) in [6, 6.07) is 5.52. The minimum atomic E-state index is -0.0700. The maximum absolute atomic E-state index is 13.1. The van der Waals surface area contributed by atoms with Gasteiger partial charge in [-0.15, -0.1) is 0 Å². The van der Waals surface area contributed by atoms with Gasteiger partial charge >= 0.3 is 0 Å². The Kier molecular flexibility index (Phi) is 5.43. The number of hydrogen-bond donors (Lipinski definition) is 1. The molecule has 7 nitrogen and oxygen atoms in total. The first-order valence-electron chi connectivity index (χ1n) is 9.79. The molecule has 0 aliphatic carbocycles. The maximum atomic E-state index is 13.1. The van der Waals surface area contributed by atoms with Crippen molar-refractivity contribution in [1.29, 1.82) is 0 Å². The van der Waals surface area contributed by atoms with Crippen molar-refractivity contribution in [2.24, 2.45) is 0 Å². The molecule has 3 heterocycles. The van der Waals surface area contributed by atoms with Crippen LogP contribution in [0.2, 0.25) is 0 Å². The van der Waals surface area contributed by atoms with Crippen LogP contribution in [0.3, 0.4) is 0 Å². The number of ether oxygens (including phenoxy) is 2. The van der Waals surface area contributed by atoms with E-state index >= 15 is 0 Å². The fraction of sp³-hybridized carbons (Fsp3) is 0.476. The van der Waals surface area contributed by atoms with E-state index < -0.39 is 0 Å². The highest BCUT2D eigenvalue weighted by molar-refractivity contribution is 5.97. The van der Waals surface area contributed by atoms with Crippen LogP contribution in [0.15, 0.2) is 24.4 Å². The molecule has 1 saturated heterocycles. The van der Waals surface area contributed by atoms with E-state index in [2.05, 4.69) is 10.3 Å². The van der Waals surface area contributed by atoms with E-state index in [-0.39, 0.29) is 11.9 Å². The molecule has 0 saturated carbocycles. The maximum Gasteiger partial charge on any atom is 0.258 e. The van der Waals surface area contributed by atoms with Gasteiger partial charge in [-0.25, -0.2) is 9.97 Å². The number of hydrogen-bond acceptors (Lipinski definition) is 6. The number of nitrogens with zero attached hydrogens (tertiary/aromatic N) is 3. The van der Waals surface area contributed by atoms with Crippen LogP contribution >= 0.6 is 0 Å². The zero-order chi connectivity index (χ0) is 19.5. The second-order valence-corrected chi connectivity index (χ2v) is 7.25. The highest BCUT2D eigenvalue weighted by Crippen LogP contribution is 2.28. The Morgan fingerprint density at radius 2 is 2.14 bits per heavy atom. The minimum Gasteiger partial charge on any atom is -0.497 e. The van der Waals surface area contributed by atoms with Gasteiger partial charge in [-0.05, 0) is 37.6 Å². The number of carbonyl (C=O) groups excluding carboxylic acids is 1. The van der Waals surface area contributed by atoms with E-state index in [9.17, 15) is 4.79 Å². The molecule has 1 aromatic heterocycles. The zero-order valence-electron chi connectivity index (χ0n) is 16.4. The molecular formula is C21H26N4O3. The molecule has 0 radical (unpaired) electrons. The molecule has 7 heteroatoms. The van der Waals surface area contributed by atoms with Crippen LogP contribution in [0, 0.1) is 0 Å². The number of fused-ring (bicyclic) bond motifs is 1. The molecule has 1 amide bonds.